The van der Waals surface area contributed by atoms with E-state index in [1.807, 2.05) is 24.0 Å². The first-order valence-corrected chi connectivity index (χ1v) is 7.49. The molecule has 2 aromatic rings. The fraction of sp³-hybridized carbons (Fsp3) is 0.400. The number of hydrogen-bond donors (Lipinski definition) is 1. The van der Waals surface area contributed by atoms with Crippen LogP contribution in [0.1, 0.15) is 19.2 Å². The van der Waals surface area contributed by atoms with Crippen molar-refractivity contribution in [2.45, 2.75) is 19.8 Å². The molecular weight excluding hydrogens is 306 g/mol. The first-order chi connectivity index (χ1) is 10.6. The second kappa shape index (κ2) is 7.91. The van der Waals surface area contributed by atoms with Crippen LogP contribution in [0.5, 0.6) is 0 Å². The average Bonchev–Trinajstić information content (AvgIpc) is 2.93. The van der Waals surface area contributed by atoms with Gasteiger partial charge in [0, 0.05) is 23.6 Å². The van der Waals surface area contributed by atoms with Crippen LogP contribution in [0.2, 0.25) is 5.02 Å². The van der Waals surface area contributed by atoms with Gasteiger partial charge in [-0.3, -0.25) is 9.69 Å². The lowest BCUT2D eigenvalue weighted by molar-refractivity contribution is -0.138. The van der Waals surface area contributed by atoms with Gasteiger partial charge in [-0.2, -0.15) is 4.98 Å². The van der Waals surface area contributed by atoms with Crippen molar-refractivity contribution >= 4 is 17.6 Å². The van der Waals surface area contributed by atoms with Crippen LogP contribution in [0.25, 0.3) is 11.4 Å². The second-order valence-corrected chi connectivity index (χ2v) is 5.38. The summed E-state index contributed by atoms with van der Waals surface area (Å²) in [6, 6.07) is 7.22. The Morgan fingerprint density at radius 3 is 2.91 bits per heavy atom. The van der Waals surface area contributed by atoms with E-state index in [1.54, 1.807) is 12.1 Å². The summed E-state index contributed by atoms with van der Waals surface area (Å²) in [7, 11) is 0. The minimum Gasteiger partial charge on any atom is -0.480 e. The van der Waals surface area contributed by atoms with E-state index >= 15 is 0 Å². The monoisotopic (exact) mass is 323 g/mol. The molecule has 1 aromatic heterocycles. The molecule has 0 radical (unpaired) electrons. The molecule has 0 bridgehead atoms. The summed E-state index contributed by atoms with van der Waals surface area (Å²) in [5, 5.41) is 13.4. The molecule has 0 aliphatic heterocycles. The molecule has 1 N–H and O–H groups in total. The summed E-state index contributed by atoms with van der Waals surface area (Å²) in [4.78, 5) is 17.0. The summed E-state index contributed by atoms with van der Waals surface area (Å²) < 4.78 is 5.21. The highest BCUT2D eigenvalue weighted by molar-refractivity contribution is 6.30. The Morgan fingerprint density at radius 1 is 1.41 bits per heavy atom. The van der Waals surface area contributed by atoms with Crippen LogP contribution in [0.15, 0.2) is 28.8 Å². The van der Waals surface area contributed by atoms with Gasteiger partial charge in [0.15, 0.2) is 0 Å². The molecule has 0 atom stereocenters. The van der Waals surface area contributed by atoms with Crippen molar-refractivity contribution in [3.05, 3.63) is 35.2 Å². The predicted octanol–water partition coefficient (Wildman–Crippen LogP) is 2.73. The molecule has 0 aliphatic carbocycles. The van der Waals surface area contributed by atoms with Gasteiger partial charge < -0.3 is 9.63 Å². The first-order valence-electron chi connectivity index (χ1n) is 7.11. The Morgan fingerprint density at radius 2 is 2.23 bits per heavy atom. The largest absolute Gasteiger partial charge is 0.480 e. The summed E-state index contributed by atoms with van der Waals surface area (Å²) in [5.41, 5.74) is 0.790. The minimum atomic E-state index is -0.835. The Kier molecular flexibility index (Phi) is 5.91. The van der Waals surface area contributed by atoms with Gasteiger partial charge in [0.1, 0.15) is 0 Å². The summed E-state index contributed by atoms with van der Waals surface area (Å²) in [6.07, 6.45) is 1.41. The Labute approximate surface area is 133 Å². The Hall–Kier alpha value is -1.92. The quantitative estimate of drug-likeness (QED) is 0.804. The Bertz CT molecular complexity index is 630. The van der Waals surface area contributed by atoms with Crippen LogP contribution in [-0.2, 0) is 11.2 Å². The van der Waals surface area contributed by atoms with E-state index in [2.05, 4.69) is 10.1 Å². The number of hydrogen-bond acceptors (Lipinski definition) is 5. The van der Waals surface area contributed by atoms with Gasteiger partial charge in [-0.1, -0.05) is 35.8 Å². The number of carbonyl (C=O) groups is 1. The fourth-order valence-electron chi connectivity index (χ4n) is 2.13. The summed E-state index contributed by atoms with van der Waals surface area (Å²) in [5.74, 6) is 0.137. The average molecular weight is 324 g/mol. The maximum Gasteiger partial charge on any atom is 0.317 e. The number of nitrogens with zero attached hydrogens (tertiary/aromatic N) is 3. The number of rotatable bonds is 8. The second-order valence-electron chi connectivity index (χ2n) is 4.94. The fourth-order valence-corrected chi connectivity index (χ4v) is 2.32. The molecule has 0 aliphatic rings. The molecule has 2 rings (SSSR count). The molecule has 0 saturated carbocycles. The molecule has 0 amide bonds. The number of aromatic nitrogens is 2. The number of halogens is 1. The molecule has 0 unspecified atom stereocenters. The van der Waals surface area contributed by atoms with Crippen LogP contribution < -0.4 is 0 Å². The summed E-state index contributed by atoms with van der Waals surface area (Å²) in [6.45, 7) is 3.32. The topological polar surface area (TPSA) is 79.5 Å². The van der Waals surface area contributed by atoms with Crippen LogP contribution in [-0.4, -0.2) is 45.8 Å². The molecule has 22 heavy (non-hydrogen) atoms. The zero-order valence-electron chi connectivity index (χ0n) is 12.3. The van der Waals surface area contributed by atoms with Crippen LogP contribution in [0.3, 0.4) is 0 Å². The van der Waals surface area contributed by atoms with Gasteiger partial charge in [-0.05, 0) is 25.1 Å². The minimum absolute atomic E-state index is 0.0170. The predicted molar refractivity (Wildman–Crippen MR) is 82.8 cm³/mol. The molecule has 0 spiro atoms. The van der Waals surface area contributed by atoms with Gasteiger partial charge in [0.2, 0.25) is 11.7 Å². The van der Waals surface area contributed by atoms with E-state index in [4.69, 9.17) is 21.2 Å². The highest BCUT2D eigenvalue weighted by Gasteiger charge is 2.13. The van der Waals surface area contributed by atoms with E-state index in [9.17, 15) is 4.79 Å². The van der Waals surface area contributed by atoms with E-state index in [1.165, 1.54) is 0 Å². The molecule has 0 fully saturated rings. The van der Waals surface area contributed by atoms with Gasteiger partial charge in [0.05, 0.1) is 6.54 Å². The van der Waals surface area contributed by atoms with Gasteiger partial charge in [0.25, 0.3) is 0 Å². The number of aliphatic carboxylic acids is 1. The maximum atomic E-state index is 10.8. The van der Waals surface area contributed by atoms with E-state index in [0.717, 1.165) is 18.5 Å². The van der Waals surface area contributed by atoms with Crippen LogP contribution in [0, 0.1) is 0 Å². The standard InChI is InChI=1S/C15H18ClN3O3/c1-2-7-19(10-14(20)21)8-6-13-17-15(18-22-13)11-4-3-5-12(16)9-11/h3-5,9H,2,6-8,10H2,1H3,(H,20,21). The number of benzene rings is 1. The van der Waals surface area contributed by atoms with E-state index in [-0.39, 0.29) is 6.54 Å². The zero-order valence-corrected chi connectivity index (χ0v) is 13.1. The van der Waals surface area contributed by atoms with Gasteiger partial charge in [-0.15, -0.1) is 0 Å². The lowest BCUT2D eigenvalue weighted by atomic mass is 10.2. The first kappa shape index (κ1) is 16.5. The third-order valence-electron chi connectivity index (χ3n) is 3.09. The van der Waals surface area contributed by atoms with E-state index in [0.29, 0.717) is 29.7 Å². The highest BCUT2D eigenvalue weighted by atomic mass is 35.5. The molecule has 7 heteroatoms. The number of carboxylic acid groups (broad SMARTS) is 1. The Balaban J connectivity index is 1.98. The third-order valence-corrected chi connectivity index (χ3v) is 3.33. The van der Waals surface area contributed by atoms with Gasteiger partial charge >= 0.3 is 5.97 Å². The van der Waals surface area contributed by atoms with Crippen molar-refractivity contribution < 1.29 is 14.4 Å². The van der Waals surface area contributed by atoms with Crippen LogP contribution in [0.4, 0.5) is 0 Å². The molecule has 6 nitrogen and oxygen atoms in total. The highest BCUT2D eigenvalue weighted by Crippen LogP contribution is 2.20. The smallest absolute Gasteiger partial charge is 0.317 e. The SMILES string of the molecule is CCCN(CCc1nc(-c2cccc(Cl)c2)no1)CC(=O)O. The zero-order chi connectivity index (χ0) is 15.9. The summed E-state index contributed by atoms with van der Waals surface area (Å²) >= 11 is 5.94. The molecule has 1 aromatic carbocycles. The lowest BCUT2D eigenvalue weighted by Gasteiger charge is -2.17. The third kappa shape index (κ3) is 4.82. The van der Waals surface area contributed by atoms with Crippen LogP contribution >= 0.6 is 11.6 Å². The van der Waals surface area contributed by atoms with Crippen molar-refractivity contribution in [1.82, 2.24) is 15.0 Å². The van der Waals surface area contributed by atoms with Crippen molar-refractivity contribution in [1.29, 1.82) is 0 Å². The lowest BCUT2D eigenvalue weighted by Crippen LogP contribution is -2.32. The van der Waals surface area contributed by atoms with E-state index < -0.39 is 5.97 Å². The van der Waals surface area contributed by atoms with Crippen molar-refractivity contribution in [2.24, 2.45) is 0 Å². The molecule has 0 saturated heterocycles. The van der Waals surface area contributed by atoms with Crippen molar-refractivity contribution in [3.8, 4) is 11.4 Å². The molecular formula is C15H18ClN3O3. The van der Waals surface area contributed by atoms with Gasteiger partial charge in [-0.25, -0.2) is 0 Å². The number of carboxylic acids is 1. The maximum absolute atomic E-state index is 10.8. The normalized spacial score (nSPS) is 11.0. The molecule has 118 valence electrons. The van der Waals surface area contributed by atoms with Crippen molar-refractivity contribution in [2.75, 3.05) is 19.6 Å². The molecule has 1 heterocycles. The van der Waals surface area contributed by atoms with Crippen molar-refractivity contribution in [3.63, 3.8) is 0 Å².